The molecule has 0 radical (unpaired) electrons. The molecule has 3 heterocycles. The second kappa shape index (κ2) is 9.25. The third-order valence-corrected chi connectivity index (χ3v) is 6.19. The first kappa shape index (κ1) is 24.0. The highest BCUT2D eigenvalue weighted by atomic mass is 16.5. The van der Waals surface area contributed by atoms with E-state index in [4.69, 9.17) is 4.74 Å². The van der Waals surface area contributed by atoms with E-state index in [1.807, 2.05) is 27.7 Å². The average Bonchev–Trinajstić information content (AvgIpc) is 3.51. The summed E-state index contributed by atoms with van der Waals surface area (Å²) in [7, 11) is 0. The smallest absolute Gasteiger partial charge is 0.270 e. The van der Waals surface area contributed by atoms with Gasteiger partial charge in [0.1, 0.15) is 5.65 Å². The van der Waals surface area contributed by atoms with E-state index in [9.17, 15) is 19.5 Å². The van der Waals surface area contributed by atoms with Crippen LogP contribution in [0.1, 0.15) is 62.2 Å². The first-order valence-electron chi connectivity index (χ1n) is 11.8. The summed E-state index contributed by atoms with van der Waals surface area (Å²) in [5, 5.41) is 18.1. The minimum atomic E-state index is -0.597. The monoisotopic (exact) mass is 471 g/mol. The fraction of sp³-hybridized carbons (Fsp3) is 0.583. The number of rotatable bonds is 6. The maximum absolute atomic E-state index is 13.4. The lowest BCUT2D eigenvalue weighted by atomic mass is 10.1. The highest BCUT2D eigenvalue weighted by Crippen LogP contribution is 2.25. The van der Waals surface area contributed by atoms with Crippen LogP contribution < -0.4 is 10.9 Å². The summed E-state index contributed by atoms with van der Waals surface area (Å²) in [4.78, 5) is 40.8. The predicted molar refractivity (Wildman–Crippen MR) is 127 cm³/mol. The zero-order valence-electron chi connectivity index (χ0n) is 20.4. The second-order valence-corrected chi connectivity index (χ2v) is 9.81. The van der Waals surface area contributed by atoms with Crippen LogP contribution in [-0.4, -0.2) is 67.3 Å². The lowest BCUT2D eigenvalue weighted by Gasteiger charge is -2.36. The Morgan fingerprint density at radius 1 is 1.29 bits per heavy atom. The first-order chi connectivity index (χ1) is 16.1. The van der Waals surface area contributed by atoms with E-state index < -0.39 is 17.3 Å². The number of amides is 2. The van der Waals surface area contributed by atoms with Crippen molar-refractivity contribution in [2.45, 2.75) is 72.2 Å². The molecule has 10 nitrogen and oxygen atoms in total. The van der Waals surface area contributed by atoms with Crippen molar-refractivity contribution in [3.8, 4) is 5.88 Å². The van der Waals surface area contributed by atoms with Crippen LogP contribution in [0.2, 0.25) is 0 Å². The van der Waals surface area contributed by atoms with Crippen LogP contribution in [0.25, 0.3) is 11.7 Å². The fourth-order valence-corrected chi connectivity index (χ4v) is 4.24. The summed E-state index contributed by atoms with van der Waals surface area (Å²) in [6.45, 7) is 10.8. The Balaban J connectivity index is 1.79. The zero-order valence-corrected chi connectivity index (χ0v) is 20.4. The number of aromatic nitrogens is 3. The van der Waals surface area contributed by atoms with Crippen molar-refractivity contribution in [3.63, 3.8) is 0 Å². The number of aromatic hydroxyl groups is 1. The molecule has 2 amide bonds. The summed E-state index contributed by atoms with van der Waals surface area (Å²) >= 11 is 0. The van der Waals surface area contributed by atoms with Gasteiger partial charge in [-0.05, 0) is 45.6 Å². The van der Waals surface area contributed by atoms with E-state index in [0.717, 1.165) is 12.8 Å². The van der Waals surface area contributed by atoms with Gasteiger partial charge in [-0.25, -0.2) is 0 Å². The number of ether oxygens (including phenoxy) is 1. The molecular weight excluding hydrogens is 438 g/mol. The molecule has 2 N–H and O–H groups in total. The Kier molecular flexibility index (Phi) is 6.53. The molecular formula is C24H33N5O5. The Labute approximate surface area is 198 Å². The number of nitrogens with one attached hydrogen (secondary N) is 1. The number of hydrogen-bond donors (Lipinski definition) is 2. The van der Waals surface area contributed by atoms with Gasteiger partial charge in [0.2, 0.25) is 11.8 Å². The minimum Gasteiger partial charge on any atom is -0.492 e. The number of nitrogens with zero attached hydrogens (tertiary/aromatic N) is 4. The number of morpholine rings is 1. The molecule has 2 aromatic rings. The maximum Gasteiger partial charge on any atom is 0.270 e. The number of fused-ring (bicyclic) bond motifs is 1. The lowest BCUT2D eigenvalue weighted by molar-refractivity contribution is -0.137. The highest BCUT2D eigenvalue weighted by molar-refractivity contribution is 5.97. The van der Waals surface area contributed by atoms with Crippen LogP contribution in [0.4, 0.5) is 0 Å². The maximum atomic E-state index is 13.4. The molecule has 0 spiro atoms. The van der Waals surface area contributed by atoms with Crippen molar-refractivity contribution >= 4 is 23.5 Å². The van der Waals surface area contributed by atoms with Gasteiger partial charge < -0.3 is 20.1 Å². The Bertz CT molecular complexity index is 1210. The summed E-state index contributed by atoms with van der Waals surface area (Å²) < 4.78 is 8.30. The quantitative estimate of drug-likeness (QED) is 0.620. The molecule has 0 aromatic carbocycles. The van der Waals surface area contributed by atoms with Gasteiger partial charge in [0.25, 0.3) is 11.5 Å². The zero-order chi connectivity index (χ0) is 24.7. The van der Waals surface area contributed by atoms with Crippen LogP contribution >= 0.6 is 0 Å². The minimum absolute atomic E-state index is 0.0368. The largest absolute Gasteiger partial charge is 0.492 e. The second-order valence-electron chi connectivity index (χ2n) is 9.81. The third kappa shape index (κ3) is 4.59. The van der Waals surface area contributed by atoms with Gasteiger partial charge in [-0.1, -0.05) is 13.8 Å². The molecule has 10 heteroatoms. The van der Waals surface area contributed by atoms with Crippen LogP contribution in [0.15, 0.2) is 10.9 Å². The van der Waals surface area contributed by atoms with Gasteiger partial charge in [0.15, 0.2) is 5.56 Å². The molecule has 2 fully saturated rings. The van der Waals surface area contributed by atoms with Crippen LogP contribution in [0, 0.1) is 12.8 Å². The number of carbonyl (C=O) groups is 2. The van der Waals surface area contributed by atoms with Gasteiger partial charge in [-0.3, -0.25) is 19.0 Å². The number of aryl methyl sites for hydroxylation is 1. The molecule has 2 aromatic heterocycles. The van der Waals surface area contributed by atoms with Crippen LogP contribution in [-0.2, 0) is 16.1 Å². The molecule has 34 heavy (non-hydrogen) atoms. The molecule has 1 aliphatic carbocycles. The molecule has 184 valence electrons. The van der Waals surface area contributed by atoms with Gasteiger partial charge in [-0.15, -0.1) is 0 Å². The topological polar surface area (TPSA) is 118 Å². The Morgan fingerprint density at radius 3 is 2.65 bits per heavy atom. The van der Waals surface area contributed by atoms with Crippen molar-refractivity contribution in [2.24, 2.45) is 5.92 Å². The van der Waals surface area contributed by atoms with Crippen molar-refractivity contribution in [1.82, 2.24) is 24.4 Å². The standard InChI is InChI=1S/C24H33N5O5/c1-13(2)10-28-22-18(8-9-19(30)27-11-15(4)34-12-14(27)3)16(5)26-29(22)24(33)20(23(28)32)21(31)25-17-6-7-17/h8-9,13-15,17,33H,6-7,10-12H2,1-5H3,(H,25,31)/b9-8+/t14-,15-/m0/s1. The van der Waals surface area contributed by atoms with E-state index in [1.54, 1.807) is 17.9 Å². The number of hydrogen-bond acceptors (Lipinski definition) is 6. The highest BCUT2D eigenvalue weighted by Gasteiger charge is 2.31. The van der Waals surface area contributed by atoms with Gasteiger partial charge in [-0.2, -0.15) is 9.61 Å². The van der Waals surface area contributed by atoms with Crippen LogP contribution in [0.3, 0.4) is 0 Å². The van der Waals surface area contributed by atoms with Gasteiger partial charge >= 0.3 is 0 Å². The predicted octanol–water partition coefficient (Wildman–Crippen LogP) is 1.71. The fourth-order valence-electron chi connectivity index (χ4n) is 4.24. The molecule has 0 unspecified atom stereocenters. The van der Waals surface area contributed by atoms with Crippen LogP contribution in [0.5, 0.6) is 5.88 Å². The summed E-state index contributed by atoms with van der Waals surface area (Å²) in [5.74, 6) is -1.17. The lowest BCUT2D eigenvalue weighted by Crippen LogP contribution is -2.49. The Morgan fingerprint density at radius 2 is 2.00 bits per heavy atom. The van der Waals surface area contributed by atoms with Gasteiger partial charge in [0, 0.05) is 30.8 Å². The third-order valence-electron chi connectivity index (χ3n) is 6.19. The summed E-state index contributed by atoms with van der Waals surface area (Å²) in [5.41, 5.74) is 0.534. The van der Waals surface area contributed by atoms with Crippen molar-refractivity contribution in [2.75, 3.05) is 13.2 Å². The Hall–Kier alpha value is -3.14. The van der Waals surface area contributed by atoms with E-state index >= 15 is 0 Å². The molecule has 1 aliphatic heterocycles. The van der Waals surface area contributed by atoms with E-state index in [-0.39, 0.29) is 35.6 Å². The molecule has 4 rings (SSSR count). The average molecular weight is 472 g/mol. The normalized spacial score (nSPS) is 21.1. The molecule has 2 atom stereocenters. The van der Waals surface area contributed by atoms with E-state index in [2.05, 4.69) is 10.4 Å². The van der Waals surface area contributed by atoms with Crippen molar-refractivity contribution in [3.05, 3.63) is 33.3 Å². The van der Waals surface area contributed by atoms with Gasteiger partial charge in [0.05, 0.1) is 24.4 Å². The molecule has 1 saturated heterocycles. The van der Waals surface area contributed by atoms with E-state index in [0.29, 0.717) is 36.6 Å². The molecule has 0 bridgehead atoms. The SMILES string of the molecule is Cc1nn2c(O)c(C(=O)NC3CC3)c(=O)n(CC(C)C)c2c1/C=C/C(=O)N1C[C@H](C)OC[C@@H]1C. The number of carbonyl (C=O) groups excluding carboxylic acids is 2. The van der Waals surface area contributed by atoms with Crippen molar-refractivity contribution in [1.29, 1.82) is 0 Å². The summed E-state index contributed by atoms with van der Waals surface area (Å²) in [6, 6.07) is -0.0104. The molecule has 2 aliphatic rings. The first-order valence-corrected chi connectivity index (χ1v) is 11.8. The van der Waals surface area contributed by atoms with E-state index in [1.165, 1.54) is 15.2 Å². The summed E-state index contributed by atoms with van der Waals surface area (Å²) in [6.07, 6.45) is 4.78. The molecule has 1 saturated carbocycles. The van der Waals surface area contributed by atoms with Crippen molar-refractivity contribution < 1.29 is 19.4 Å².